The van der Waals surface area contributed by atoms with Crippen molar-refractivity contribution in [3.8, 4) is 0 Å². The highest BCUT2D eigenvalue weighted by Crippen LogP contribution is 2.23. The molecule has 0 saturated heterocycles. The molecule has 20 heavy (non-hydrogen) atoms. The van der Waals surface area contributed by atoms with Gasteiger partial charge in [-0.25, -0.2) is 13.2 Å². The Balaban J connectivity index is 3.12. The number of hydrogen-bond acceptors (Lipinski definition) is 4. The zero-order valence-electron chi connectivity index (χ0n) is 11.0. The van der Waals surface area contributed by atoms with Crippen molar-refractivity contribution in [1.82, 2.24) is 4.90 Å². The molecule has 0 unspecified atom stereocenters. The van der Waals surface area contributed by atoms with Crippen LogP contribution in [0, 0.1) is 0 Å². The molecular formula is C12H14BrNO5S. The van der Waals surface area contributed by atoms with Crippen LogP contribution in [0.2, 0.25) is 0 Å². The molecule has 0 saturated carbocycles. The van der Waals surface area contributed by atoms with E-state index in [0.717, 1.165) is 0 Å². The van der Waals surface area contributed by atoms with Gasteiger partial charge in [0.15, 0.2) is 9.84 Å². The number of nitrogens with zero attached hydrogens (tertiary/aromatic N) is 1. The Morgan fingerprint density at radius 2 is 1.90 bits per heavy atom. The largest absolute Gasteiger partial charge is 0.478 e. The number of halogens is 1. The first-order valence-electron chi connectivity index (χ1n) is 5.61. The molecule has 1 N–H and O–H groups in total. The third-order valence-corrected chi connectivity index (χ3v) is 4.84. The third-order valence-electron chi connectivity index (χ3n) is 2.59. The van der Waals surface area contributed by atoms with Gasteiger partial charge < -0.3 is 10.0 Å². The van der Waals surface area contributed by atoms with Crippen LogP contribution in [0.1, 0.15) is 16.8 Å². The van der Waals surface area contributed by atoms with Crippen LogP contribution in [0.25, 0.3) is 0 Å². The molecule has 0 aliphatic heterocycles. The molecule has 0 aliphatic rings. The Labute approximate surface area is 125 Å². The van der Waals surface area contributed by atoms with Crippen LogP contribution in [-0.4, -0.2) is 50.1 Å². The average molecular weight is 364 g/mol. The Bertz CT molecular complexity index is 639. The van der Waals surface area contributed by atoms with Crippen LogP contribution in [0.15, 0.2) is 27.6 Å². The molecule has 6 nitrogen and oxygen atoms in total. The fourth-order valence-electron chi connectivity index (χ4n) is 1.49. The molecule has 0 radical (unpaired) electrons. The zero-order valence-corrected chi connectivity index (χ0v) is 13.4. The van der Waals surface area contributed by atoms with E-state index in [9.17, 15) is 18.0 Å². The summed E-state index contributed by atoms with van der Waals surface area (Å²) in [4.78, 5) is 23.5. The summed E-state index contributed by atoms with van der Waals surface area (Å²) in [6, 6.07) is 3.90. The third kappa shape index (κ3) is 4.04. The monoisotopic (exact) mass is 363 g/mol. The van der Waals surface area contributed by atoms with Crippen LogP contribution in [0.5, 0.6) is 0 Å². The van der Waals surface area contributed by atoms with Gasteiger partial charge in [-0.05, 0) is 18.2 Å². The Morgan fingerprint density at radius 3 is 2.40 bits per heavy atom. The minimum atomic E-state index is -3.85. The molecule has 110 valence electrons. The highest BCUT2D eigenvalue weighted by Gasteiger charge is 2.23. The van der Waals surface area contributed by atoms with E-state index in [1.807, 2.05) is 0 Å². The van der Waals surface area contributed by atoms with E-state index in [1.165, 1.54) is 37.2 Å². The lowest BCUT2D eigenvalue weighted by Gasteiger charge is -2.11. The smallest absolute Gasteiger partial charge is 0.337 e. The number of hydrogen-bond donors (Lipinski definition) is 1. The van der Waals surface area contributed by atoms with Crippen LogP contribution >= 0.6 is 15.9 Å². The van der Waals surface area contributed by atoms with Crippen molar-refractivity contribution in [3.63, 3.8) is 0 Å². The van der Waals surface area contributed by atoms with Gasteiger partial charge in [0.1, 0.15) is 0 Å². The highest BCUT2D eigenvalue weighted by molar-refractivity contribution is 9.10. The SMILES string of the molecule is CN(C)C(=O)CCS(=O)(=O)c1cc(Br)ccc1C(=O)O. The minimum absolute atomic E-state index is 0.194. The molecule has 1 aromatic rings. The molecular weight excluding hydrogens is 350 g/mol. The lowest BCUT2D eigenvalue weighted by molar-refractivity contribution is -0.128. The van der Waals surface area contributed by atoms with Crippen molar-refractivity contribution in [3.05, 3.63) is 28.2 Å². The van der Waals surface area contributed by atoms with Gasteiger partial charge in [0.2, 0.25) is 5.91 Å². The quantitative estimate of drug-likeness (QED) is 0.853. The molecule has 1 aromatic carbocycles. The predicted molar refractivity (Wildman–Crippen MR) is 76.5 cm³/mol. The second-order valence-electron chi connectivity index (χ2n) is 4.30. The second kappa shape index (κ2) is 6.36. The molecule has 0 bridgehead atoms. The first-order chi connectivity index (χ1) is 9.15. The molecule has 0 aromatic heterocycles. The molecule has 0 atom stereocenters. The lowest BCUT2D eigenvalue weighted by Crippen LogP contribution is -2.24. The van der Waals surface area contributed by atoms with Crippen molar-refractivity contribution in [2.45, 2.75) is 11.3 Å². The first kappa shape index (κ1) is 16.6. The Hall–Kier alpha value is -1.41. The zero-order chi connectivity index (χ0) is 15.5. The molecule has 1 amide bonds. The van der Waals surface area contributed by atoms with Gasteiger partial charge in [-0.15, -0.1) is 0 Å². The van der Waals surface area contributed by atoms with Gasteiger partial charge in [-0.1, -0.05) is 15.9 Å². The number of aromatic carboxylic acids is 1. The van der Waals surface area contributed by atoms with Crippen molar-refractivity contribution in [2.24, 2.45) is 0 Å². The molecule has 0 heterocycles. The van der Waals surface area contributed by atoms with Gasteiger partial charge in [0.05, 0.1) is 16.2 Å². The maximum absolute atomic E-state index is 12.2. The van der Waals surface area contributed by atoms with E-state index >= 15 is 0 Å². The second-order valence-corrected chi connectivity index (χ2v) is 7.30. The average Bonchev–Trinajstić information content (AvgIpc) is 2.35. The van der Waals surface area contributed by atoms with Crippen LogP contribution < -0.4 is 0 Å². The van der Waals surface area contributed by atoms with Crippen LogP contribution in [-0.2, 0) is 14.6 Å². The van der Waals surface area contributed by atoms with Crippen molar-refractivity contribution >= 4 is 37.6 Å². The van der Waals surface area contributed by atoms with E-state index in [-0.39, 0.29) is 22.8 Å². The Morgan fingerprint density at radius 1 is 1.30 bits per heavy atom. The maximum Gasteiger partial charge on any atom is 0.337 e. The fraction of sp³-hybridized carbons (Fsp3) is 0.333. The summed E-state index contributed by atoms with van der Waals surface area (Å²) in [5, 5.41) is 9.03. The minimum Gasteiger partial charge on any atom is -0.478 e. The summed E-state index contributed by atoms with van der Waals surface area (Å²) in [5.74, 6) is -2.09. The molecule has 1 rings (SSSR count). The van der Waals surface area contributed by atoms with Crippen molar-refractivity contribution in [1.29, 1.82) is 0 Å². The summed E-state index contributed by atoms with van der Waals surface area (Å²) >= 11 is 3.11. The number of carboxylic acid groups (broad SMARTS) is 1. The first-order valence-corrected chi connectivity index (χ1v) is 8.05. The topological polar surface area (TPSA) is 91.8 Å². The number of amides is 1. The van der Waals surface area contributed by atoms with E-state index < -0.39 is 21.6 Å². The van der Waals surface area contributed by atoms with Crippen molar-refractivity contribution in [2.75, 3.05) is 19.8 Å². The molecule has 0 fully saturated rings. The number of rotatable bonds is 5. The summed E-state index contributed by atoms with van der Waals surface area (Å²) in [6.45, 7) is 0. The number of carboxylic acids is 1. The lowest BCUT2D eigenvalue weighted by atomic mass is 10.2. The summed E-state index contributed by atoms with van der Waals surface area (Å²) in [6.07, 6.45) is -0.194. The number of carbonyl (C=O) groups is 2. The predicted octanol–water partition coefficient (Wildman–Crippen LogP) is 1.40. The molecule has 0 aliphatic carbocycles. The summed E-state index contributed by atoms with van der Waals surface area (Å²) in [7, 11) is -0.796. The van der Waals surface area contributed by atoms with Crippen LogP contribution in [0.3, 0.4) is 0 Å². The van der Waals surface area contributed by atoms with E-state index in [4.69, 9.17) is 5.11 Å². The maximum atomic E-state index is 12.2. The fourth-order valence-corrected chi connectivity index (χ4v) is 3.46. The summed E-state index contributed by atoms with van der Waals surface area (Å²) < 4.78 is 24.8. The van der Waals surface area contributed by atoms with E-state index in [2.05, 4.69) is 15.9 Å². The number of benzene rings is 1. The van der Waals surface area contributed by atoms with Gasteiger partial charge in [0, 0.05) is 25.0 Å². The number of sulfone groups is 1. The highest BCUT2D eigenvalue weighted by atomic mass is 79.9. The van der Waals surface area contributed by atoms with Gasteiger partial charge in [-0.3, -0.25) is 4.79 Å². The van der Waals surface area contributed by atoms with E-state index in [0.29, 0.717) is 4.47 Å². The molecule has 8 heteroatoms. The van der Waals surface area contributed by atoms with Crippen LogP contribution in [0.4, 0.5) is 0 Å². The number of carbonyl (C=O) groups excluding carboxylic acids is 1. The normalized spacial score (nSPS) is 11.2. The standard InChI is InChI=1S/C12H14BrNO5S/c1-14(2)11(15)5-6-20(18,19)10-7-8(13)3-4-9(10)12(16)17/h3-4,7H,5-6H2,1-2H3,(H,16,17). The van der Waals surface area contributed by atoms with Gasteiger partial charge in [0.25, 0.3) is 0 Å². The van der Waals surface area contributed by atoms with E-state index in [1.54, 1.807) is 0 Å². The van der Waals surface area contributed by atoms with Crippen molar-refractivity contribution < 1.29 is 23.1 Å². The Kier molecular flexibility index (Phi) is 5.29. The van der Waals surface area contributed by atoms with Gasteiger partial charge in [-0.2, -0.15) is 0 Å². The van der Waals surface area contributed by atoms with Gasteiger partial charge >= 0.3 is 5.97 Å². The summed E-state index contributed by atoms with van der Waals surface area (Å²) in [5.41, 5.74) is -0.300. The molecule has 0 spiro atoms.